The lowest BCUT2D eigenvalue weighted by atomic mass is 10.1. The van der Waals surface area contributed by atoms with Crippen molar-refractivity contribution < 1.29 is 22.0 Å². The van der Waals surface area contributed by atoms with E-state index < -0.39 is 39.0 Å². The Bertz CT molecular complexity index is 1130. The molecule has 27 heavy (non-hydrogen) atoms. The van der Waals surface area contributed by atoms with Gasteiger partial charge in [0, 0.05) is 31.4 Å². The van der Waals surface area contributed by atoms with Gasteiger partial charge in [-0.2, -0.15) is 12.7 Å². The lowest BCUT2D eigenvalue weighted by Crippen LogP contribution is -2.32. The number of pyridine rings is 1. The lowest BCUT2D eigenvalue weighted by molar-refractivity contribution is 0.0956. The molecule has 142 valence electrons. The molecule has 10 heteroatoms. The zero-order valence-electron chi connectivity index (χ0n) is 14.5. The summed E-state index contributed by atoms with van der Waals surface area (Å²) in [7, 11) is -2.74. The fourth-order valence-corrected chi connectivity index (χ4v) is 3.40. The zero-order chi connectivity index (χ0) is 19.8. The van der Waals surface area contributed by atoms with Crippen LogP contribution in [-0.2, 0) is 10.2 Å². The molecule has 7 nitrogen and oxygen atoms in total. The SMILES string of the molecule is CCN(C)S(=O)(=O)Nc1ccc(F)c(C(=O)n2ccc3cccnc32)c1F. The molecule has 0 atom stereocenters. The lowest BCUT2D eigenvalue weighted by Gasteiger charge is -2.17. The first kappa shape index (κ1) is 18.9. The van der Waals surface area contributed by atoms with Gasteiger partial charge in [0.15, 0.2) is 5.82 Å². The minimum Gasteiger partial charge on any atom is -0.268 e. The van der Waals surface area contributed by atoms with E-state index in [4.69, 9.17) is 0 Å². The van der Waals surface area contributed by atoms with Crippen LogP contribution in [0.4, 0.5) is 14.5 Å². The second-order valence-electron chi connectivity index (χ2n) is 5.71. The summed E-state index contributed by atoms with van der Waals surface area (Å²) in [6, 6.07) is 6.70. The number of hydrogen-bond acceptors (Lipinski definition) is 4. The van der Waals surface area contributed by atoms with Crippen LogP contribution in [-0.4, -0.2) is 41.8 Å². The van der Waals surface area contributed by atoms with Crippen molar-refractivity contribution in [2.45, 2.75) is 6.92 Å². The van der Waals surface area contributed by atoms with E-state index in [-0.39, 0.29) is 12.2 Å². The Hall–Kier alpha value is -2.85. The Balaban J connectivity index is 2.07. The summed E-state index contributed by atoms with van der Waals surface area (Å²) >= 11 is 0. The van der Waals surface area contributed by atoms with Crippen LogP contribution in [0.5, 0.6) is 0 Å². The molecule has 0 bridgehead atoms. The Labute approximate surface area is 154 Å². The molecular formula is C17H16F2N4O3S. The number of carbonyl (C=O) groups excluding carboxylic acids is 1. The van der Waals surface area contributed by atoms with Gasteiger partial charge in [-0.15, -0.1) is 0 Å². The van der Waals surface area contributed by atoms with E-state index >= 15 is 0 Å². The summed E-state index contributed by atoms with van der Waals surface area (Å²) in [6.45, 7) is 1.74. The number of anilines is 1. The third-order valence-corrected chi connectivity index (χ3v) is 5.62. The molecule has 0 saturated heterocycles. The van der Waals surface area contributed by atoms with Gasteiger partial charge in [-0.05, 0) is 30.3 Å². The first-order valence-electron chi connectivity index (χ1n) is 7.95. The molecule has 1 N–H and O–H groups in total. The highest BCUT2D eigenvalue weighted by Crippen LogP contribution is 2.25. The smallest absolute Gasteiger partial charge is 0.268 e. The zero-order valence-corrected chi connectivity index (χ0v) is 15.3. The average Bonchev–Trinajstić information content (AvgIpc) is 3.07. The number of hydrogen-bond donors (Lipinski definition) is 1. The van der Waals surface area contributed by atoms with Gasteiger partial charge in [-0.3, -0.25) is 14.1 Å². The van der Waals surface area contributed by atoms with Crippen molar-refractivity contribution in [2.75, 3.05) is 18.3 Å². The van der Waals surface area contributed by atoms with Crippen LogP contribution >= 0.6 is 0 Å². The highest BCUT2D eigenvalue weighted by molar-refractivity contribution is 7.90. The number of carbonyl (C=O) groups is 1. The highest BCUT2D eigenvalue weighted by atomic mass is 32.2. The first-order valence-corrected chi connectivity index (χ1v) is 9.39. The first-order chi connectivity index (χ1) is 12.8. The van der Waals surface area contributed by atoms with Crippen LogP contribution in [0.1, 0.15) is 17.3 Å². The van der Waals surface area contributed by atoms with Crippen LogP contribution < -0.4 is 4.72 Å². The predicted octanol–water partition coefficient (Wildman–Crippen LogP) is 2.61. The van der Waals surface area contributed by atoms with Crippen LogP contribution in [0, 0.1) is 11.6 Å². The van der Waals surface area contributed by atoms with Crippen molar-refractivity contribution in [3.63, 3.8) is 0 Å². The van der Waals surface area contributed by atoms with Crippen molar-refractivity contribution in [3.05, 3.63) is 59.9 Å². The van der Waals surface area contributed by atoms with Gasteiger partial charge in [-0.1, -0.05) is 6.92 Å². The molecule has 2 heterocycles. The quantitative estimate of drug-likeness (QED) is 0.721. The summed E-state index contributed by atoms with van der Waals surface area (Å²) in [5.41, 5.74) is -1.17. The van der Waals surface area contributed by atoms with E-state index in [0.717, 1.165) is 21.0 Å². The summed E-state index contributed by atoms with van der Waals surface area (Å²) < 4.78 is 57.3. The highest BCUT2D eigenvalue weighted by Gasteiger charge is 2.26. The Morgan fingerprint density at radius 2 is 2.00 bits per heavy atom. The molecule has 1 aromatic carbocycles. The van der Waals surface area contributed by atoms with Crippen LogP contribution in [0.2, 0.25) is 0 Å². The van der Waals surface area contributed by atoms with Gasteiger partial charge >= 0.3 is 10.2 Å². The van der Waals surface area contributed by atoms with Gasteiger partial charge in [0.2, 0.25) is 0 Å². The monoisotopic (exact) mass is 394 g/mol. The van der Waals surface area contributed by atoms with E-state index in [1.807, 2.05) is 4.72 Å². The normalized spacial score (nSPS) is 11.9. The van der Waals surface area contributed by atoms with Crippen molar-refractivity contribution >= 4 is 32.8 Å². The predicted molar refractivity (Wildman–Crippen MR) is 96.7 cm³/mol. The van der Waals surface area contributed by atoms with E-state index in [1.54, 1.807) is 25.1 Å². The molecule has 0 unspecified atom stereocenters. The average molecular weight is 394 g/mol. The molecule has 0 aliphatic carbocycles. The molecule has 0 fully saturated rings. The fourth-order valence-electron chi connectivity index (χ4n) is 2.46. The molecular weight excluding hydrogens is 378 g/mol. The third kappa shape index (κ3) is 3.40. The second-order valence-corrected chi connectivity index (χ2v) is 7.49. The van der Waals surface area contributed by atoms with E-state index in [1.165, 1.54) is 19.4 Å². The van der Waals surface area contributed by atoms with E-state index in [0.29, 0.717) is 5.39 Å². The maximum atomic E-state index is 14.8. The Morgan fingerprint density at radius 3 is 2.70 bits per heavy atom. The number of fused-ring (bicyclic) bond motifs is 1. The van der Waals surface area contributed by atoms with Gasteiger partial charge in [0.1, 0.15) is 17.0 Å². The minimum absolute atomic E-state index is 0.144. The van der Waals surface area contributed by atoms with Gasteiger partial charge in [-0.25, -0.2) is 13.8 Å². The topological polar surface area (TPSA) is 84.3 Å². The van der Waals surface area contributed by atoms with Crippen LogP contribution in [0.15, 0.2) is 42.7 Å². The van der Waals surface area contributed by atoms with Crippen molar-refractivity contribution in [3.8, 4) is 0 Å². The summed E-state index contributed by atoms with van der Waals surface area (Å²) in [4.78, 5) is 16.8. The Kier molecular flexibility index (Phi) is 4.94. The van der Waals surface area contributed by atoms with Crippen molar-refractivity contribution in [2.24, 2.45) is 0 Å². The summed E-state index contributed by atoms with van der Waals surface area (Å²) in [6.07, 6.45) is 2.80. The molecule has 0 spiro atoms. The number of nitrogens with zero attached hydrogens (tertiary/aromatic N) is 3. The minimum atomic E-state index is -4.04. The number of aromatic nitrogens is 2. The van der Waals surface area contributed by atoms with Gasteiger partial charge in [0.25, 0.3) is 5.91 Å². The number of nitrogens with one attached hydrogen (secondary N) is 1. The molecule has 0 saturated carbocycles. The Morgan fingerprint density at radius 1 is 1.26 bits per heavy atom. The second kappa shape index (κ2) is 7.05. The molecule has 3 rings (SSSR count). The molecule has 0 radical (unpaired) electrons. The maximum absolute atomic E-state index is 14.8. The molecule has 2 aromatic heterocycles. The van der Waals surface area contributed by atoms with Crippen molar-refractivity contribution in [1.82, 2.24) is 13.9 Å². The maximum Gasteiger partial charge on any atom is 0.301 e. The summed E-state index contributed by atoms with van der Waals surface area (Å²) in [5.74, 6) is -3.41. The van der Waals surface area contributed by atoms with Crippen LogP contribution in [0.3, 0.4) is 0 Å². The molecule has 0 aliphatic rings. The number of rotatable bonds is 5. The van der Waals surface area contributed by atoms with Gasteiger partial charge < -0.3 is 0 Å². The molecule has 3 aromatic rings. The standard InChI is InChI=1S/C17H16F2N4O3S/c1-3-22(2)27(25,26)21-13-7-6-12(18)14(15(13)19)17(24)23-10-8-11-5-4-9-20-16(11)23/h4-10,21H,3H2,1-2H3. The molecule has 0 amide bonds. The van der Waals surface area contributed by atoms with E-state index in [2.05, 4.69) is 4.98 Å². The number of halogens is 2. The van der Waals surface area contributed by atoms with Gasteiger partial charge in [0.05, 0.1) is 5.69 Å². The van der Waals surface area contributed by atoms with Crippen LogP contribution in [0.25, 0.3) is 11.0 Å². The van der Waals surface area contributed by atoms with Crippen molar-refractivity contribution in [1.29, 1.82) is 0 Å². The van der Waals surface area contributed by atoms with E-state index in [9.17, 15) is 22.0 Å². The largest absolute Gasteiger partial charge is 0.301 e. The fraction of sp³-hybridized carbons (Fsp3) is 0.176. The molecule has 0 aliphatic heterocycles. The third-order valence-electron chi connectivity index (χ3n) is 4.07. The number of benzene rings is 1. The summed E-state index contributed by atoms with van der Waals surface area (Å²) in [5, 5.41) is 0.619.